The molecular formula is C29H30F4N12O3. The number of anilines is 1. The number of rotatable bonds is 11. The summed E-state index contributed by atoms with van der Waals surface area (Å²) in [6.45, 7) is -2.66. The normalized spacial score (nSPS) is 16.6. The molecule has 2 saturated heterocycles. The van der Waals surface area contributed by atoms with Crippen molar-refractivity contribution in [2.45, 2.75) is 44.7 Å². The Morgan fingerprint density at radius 1 is 1.06 bits per heavy atom. The number of ether oxygens (including phenoxy) is 2. The highest BCUT2D eigenvalue weighted by atomic mass is 19.3. The first-order valence-electron chi connectivity index (χ1n) is 15.1. The van der Waals surface area contributed by atoms with Crippen LogP contribution in [0.15, 0.2) is 49.1 Å². The first kappa shape index (κ1) is 31.4. The van der Waals surface area contributed by atoms with Gasteiger partial charge in [0.2, 0.25) is 0 Å². The van der Waals surface area contributed by atoms with Crippen LogP contribution in [-0.4, -0.2) is 113 Å². The molecule has 2 fully saturated rings. The van der Waals surface area contributed by atoms with Crippen molar-refractivity contribution in [3.8, 4) is 22.8 Å². The number of tetrazole rings is 1. The number of likely N-dealkylation sites (tertiary alicyclic amines) is 2. The number of amides is 1. The number of hydrogen-bond acceptors (Lipinski definition) is 11. The van der Waals surface area contributed by atoms with Gasteiger partial charge in [0.05, 0.1) is 23.5 Å². The molecule has 5 aromatic rings. The lowest BCUT2D eigenvalue weighted by Gasteiger charge is -2.45. The van der Waals surface area contributed by atoms with Gasteiger partial charge in [-0.3, -0.25) is 14.4 Å². The number of nitrogens with zero attached hydrogens (tertiary/aromatic N) is 11. The van der Waals surface area contributed by atoms with Gasteiger partial charge in [-0.2, -0.15) is 32.6 Å². The number of fused-ring (bicyclic) bond motifs is 1. The molecule has 0 bridgehead atoms. The number of aromatic nitrogens is 9. The lowest BCUT2D eigenvalue weighted by atomic mass is 9.98. The van der Waals surface area contributed by atoms with Crippen molar-refractivity contribution in [3.05, 3.63) is 60.4 Å². The molecule has 0 atom stereocenters. The van der Waals surface area contributed by atoms with Crippen molar-refractivity contribution in [3.63, 3.8) is 0 Å². The summed E-state index contributed by atoms with van der Waals surface area (Å²) < 4.78 is 64.9. The van der Waals surface area contributed by atoms with Crippen molar-refractivity contribution in [2.75, 3.05) is 38.5 Å². The maximum absolute atomic E-state index is 13.4. The summed E-state index contributed by atoms with van der Waals surface area (Å²) >= 11 is 0. The Hall–Kier alpha value is -5.17. The lowest BCUT2D eigenvalue weighted by molar-refractivity contribution is -0.0526. The van der Waals surface area contributed by atoms with Crippen LogP contribution < -0.4 is 14.8 Å². The Kier molecular flexibility index (Phi) is 8.61. The summed E-state index contributed by atoms with van der Waals surface area (Å²) in [5.74, 6) is -1.04. The van der Waals surface area contributed by atoms with Gasteiger partial charge < -0.3 is 19.7 Å². The van der Waals surface area contributed by atoms with Crippen molar-refractivity contribution in [1.29, 1.82) is 0 Å². The molecule has 0 radical (unpaired) electrons. The fraction of sp³-hybridized carbons (Fsp3) is 0.414. The van der Waals surface area contributed by atoms with Gasteiger partial charge in [-0.05, 0) is 62.5 Å². The summed E-state index contributed by atoms with van der Waals surface area (Å²) in [6, 6.07) is 5.44. The fourth-order valence-electron chi connectivity index (χ4n) is 5.95. The van der Waals surface area contributed by atoms with Crippen LogP contribution in [0.4, 0.5) is 23.2 Å². The van der Waals surface area contributed by atoms with E-state index in [9.17, 15) is 22.4 Å². The average Bonchev–Trinajstić information content (AvgIpc) is 3.77. The van der Waals surface area contributed by atoms with Crippen LogP contribution in [0, 0.1) is 0 Å². The predicted octanol–water partition coefficient (Wildman–Crippen LogP) is 3.03. The largest absolute Gasteiger partial charge is 0.435 e. The van der Waals surface area contributed by atoms with E-state index >= 15 is 0 Å². The quantitative estimate of drug-likeness (QED) is 0.207. The Labute approximate surface area is 270 Å². The van der Waals surface area contributed by atoms with Gasteiger partial charge >= 0.3 is 13.2 Å². The number of carbonyl (C=O) groups is 1. The van der Waals surface area contributed by atoms with E-state index in [1.54, 1.807) is 17.1 Å². The number of halogens is 4. The molecule has 0 aliphatic carbocycles. The fourth-order valence-corrected chi connectivity index (χ4v) is 5.95. The Balaban J connectivity index is 1.16. The van der Waals surface area contributed by atoms with Crippen LogP contribution in [-0.2, 0) is 6.54 Å². The highest BCUT2D eigenvalue weighted by Crippen LogP contribution is 2.38. The molecule has 0 saturated carbocycles. The number of hydrogen-bond donors (Lipinski definition) is 1. The molecule has 2 aliphatic rings. The van der Waals surface area contributed by atoms with Crippen molar-refractivity contribution < 1.29 is 31.8 Å². The maximum atomic E-state index is 13.4. The van der Waals surface area contributed by atoms with Gasteiger partial charge in [-0.1, -0.05) is 0 Å². The zero-order valence-corrected chi connectivity index (χ0v) is 25.5. The molecule has 0 unspecified atom stereocenters. The summed E-state index contributed by atoms with van der Waals surface area (Å²) in [5, 5.41) is 24.3. The number of nitrogens with one attached hydrogen (secondary N) is 1. The van der Waals surface area contributed by atoms with Crippen LogP contribution >= 0.6 is 0 Å². The molecular weight excluding hydrogens is 640 g/mol. The van der Waals surface area contributed by atoms with Gasteiger partial charge in [0, 0.05) is 37.7 Å². The van der Waals surface area contributed by atoms with E-state index in [4.69, 9.17) is 0 Å². The minimum atomic E-state index is -3.24. The van der Waals surface area contributed by atoms with Gasteiger partial charge in [-0.25, -0.2) is 9.50 Å². The Morgan fingerprint density at radius 2 is 1.85 bits per heavy atom. The minimum Gasteiger partial charge on any atom is -0.435 e. The Bertz CT molecular complexity index is 1900. The topological polar surface area (TPSA) is 146 Å². The third-order valence-electron chi connectivity index (χ3n) is 8.38. The second-order valence-corrected chi connectivity index (χ2v) is 11.6. The van der Waals surface area contributed by atoms with E-state index in [0.29, 0.717) is 11.9 Å². The molecule has 1 N–H and O–H groups in total. The molecule has 4 aromatic heterocycles. The summed E-state index contributed by atoms with van der Waals surface area (Å²) in [7, 11) is 2.13. The monoisotopic (exact) mass is 670 g/mol. The molecule has 252 valence electrons. The third-order valence-corrected chi connectivity index (χ3v) is 8.38. The van der Waals surface area contributed by atoms with Crippen LogP contribution in [0.2, 0.25) is 0 Å². The van der Waals surface area contributed by atoms with Gasteiger partial charge in [-0.15, -0.1) is 10.2 Å². The molecule has 1 aromatic carbocycles. The van der Waals surface area contributed by atoms with E-state index in [-0.39, 0.29) is 52.2 Å². The number of alkyl halides is 4. The molecule has 6 heterocycles. The van der Waals surface area contributed by atoms with E-state index in [2.05, 4.69) is 62.2 Å². The first-order valence-corrected chi connectivity index (χ1v) is 15.1. The number of piperidine rings is 1. The van der Waals surface area contributed by atoms with E-state index < -0.39 is 19.1 Å². The van der Waals surface area contributed by atoms with Crippen molar-refractivity contribution >= 4 is 17.2 Å². The standard InChI is InChI=1S/C29H30F4N12O3/c1-41-9-5-17(6-10-41)42-13-18(14-42)45-38-24(37-40-45)16-43-15-22(36-27(46)21-12-35-44-8-2-7-34-26(21)44)25(39-43)20-11-19(47-28(30)31)3-4-23(20)48-29(32)33/h2-4,7-8,11-12,15,17-18,28-29H,5-6,9-10,13-14,16H2,1H3,(H,36,46). The molecule has 2 aliphatic heterocycles. The third kappa shape index (κ3) is 6.63. The molecule has 19 heteroatoms. The zero-order valence-electron chi connectivity index (χ0n) is 25.5. The van der Waals surface area contributed by atoms with E-state index in [0.717, 1.165) is 57.2 Å². The summed E-state index contributed by atoms with van der Waals surface area (Å²) in [6.07, 6.45) is 8.10. The zero-order chi connectivity index (χ0) is 33.4. The molecule has 48 heavy (non-hydrogen) atoms. The van der Waals surface area contributed by atoms with Crippen LogP contribution in [0.3, 0.4) is 0 Å². The number of benzene rings is 1. The van der Waals surface area contributed by atoms with Crippen molar-refractivity contribution in [2.24, 2.45) is 0 Å². The molecule has 0 spiro atoms. The van der Waals surface area contributed by atoms with Crippen molar-refractivity contribution in [1.82, 2.24) is 54.4 Å². The molecule has 7 rings (SSSR count). The highest BCUT2D eigenvalue weighted by Gasteiger charge is 2.36. The second-order valence-electron chi connectivity index (χ2n) is 11.6. The lowest BCUT2D eigenvalue weighted by Crippen LogP contribution is -2.55. The summed E-state index contributed by atoms with van der Waals surface area (Å²) in [4.78, 5) is 24.0. The van der Waals surface area contributed by atoms with Crippen LogP contribution in [0.25, 0.3) is 16.9 Å². The van der Waals surface area contributed by atoms with E-state index in [1.165, 1.54) is 27.8 Å². The SMILES string of the molecule is CN1CCC(N2CC(n3nnc(Cn4cc(NC(=O)c5cnn6cccnc56)c(-c5cc(OC(F)F)ccc5OC(F)F)n4)n3)C2)CC1. The highest BCUT2D eigenvalue weighted by molar-refractivity contribution is 6.09. The van der Waals surface area contributed by atoms with Gasteiger partial charge in [0.15, 0.2) is 11.5 Å². The van der Waals surface area contributed by atoms with Crippen LogP contribution in [0.5, 0.6) is 11.5 Å². The van der Waals surface area contributed by atoms with Gasteiger partial charge in [0.1, 0.15) is 29.3 Å². The van der Waals surface area contributed by atoms with Crippen LogP contribution in [0.1, 0.15) is 35.1 Å². The predicted molar refractivity (Wildman–Crippen MR) is 160 cm³/mol. The molecule has 1 amide bonds. The Morgan fingerprint density at radius 3 is 2.62 bits per heavy atom. The number of carbonyl (C=O) groups excluding carboxylic acids is 1. The van der Waals surface area contributed by atoms with Gasteiger partial charge in [0.25, 0.3) is 5.91 Å². The smallest absolute Gasteiger partial charge is 0.387 e. The molecule has 15 nitrogen and oxygen atoms in total. The minimum absolute atomic E-state index is 0.00913. The maximum Gasteiger partial charge on any atom is 0.387 e. The summed E-state index contributed by atoms with van der Waals surface area (Å²) in [5.41, 5.74) is 0.226. The van der Waals surface area contributed by atoms with E-state index in [1.807, 2.05) is 0 Å². The first-order chi connectivity index (χ1) is 23.2. The average molecular weight is 671 g/mol. The second kappa shape index (κ2) is 13.1.